The summed E-state index contributed by atoms with van der Waals surface area (Å²) in [6, 6.07) is 6.54. The molecule has 1 atom stereocenters. The molecule has 0 bridgehead atoms. The molecule has 5 heteroatoms. The Hall–Kier alpha value is -2.04. The highest BCUT2D eigenvalue weighted by Crippen LogP contribution is 2.19. The highest BCUT2D eigenvalue weighted by molar-refractivity contribution is 5.99. The zero-order valence-corrected chi connectivity index (χ0v) is 14.2. The van der Waals surface area contributed by atoms with Gasteiger partial charge in [-0.3, -0.25) is 9.59 Å². The molecule has 2 rings (SSSR count). The number of nitrogens with zero attached hydrogens (tertiary/aromatic N) is 1. The number of para-hydroxylation sites is 1. The highest BCUT2D eigenvalue weighted by Gasteiger charge is 2.30. The van der Waals surface area contributed by atoms with Crippen LogP contribution < -0.4 is 10.1 Å². The Bertz CT molecular complexity index is 551. The van der Waals surface area contributed by atoms with Crippen LogP contribution in [0.5, 0.6) is 5.75 Å². The van der Waals surface area contributed by atoms with Crippen molar-refractivity contribution in [3.63, 3.8) is 0 Å². The molecule has 1 aliphatic heterocycles. The van der Waals surface area contributed by atoms with E-state index in [0.717, 1.165) is 25.9 Å². The number of amides is 2. The van der Waals surface area contributed by atoms with Gasteiger partial charge in [0.1, 0.15) is 11.8 Å². The van der Waals surface area contributed by atoms with E-state index in [9.17, 15) is 9.59 Å². The molecule has 0 spiro atoms. The van der Waals surface area contributed by atoms with E-state index in [4.69, 9.17) is 4.74 Å². The quantitative estimate of drug-likeness (QED) is 0.907. The van der Waals surface area contributed by atoms with E-state index in [0.29, 0.717) is 11.3 Å². The molecule has 126 valence electrons. The van der Waals surface area contributed by atoms with E-state index in [-0.39, 0.29) is 17.7 Å². The number of carbonyl (C=O) groups is 2. The summed E-state index contributed by atoms with van der Waals surface area (Å²) in [5, 5.41) is 2.89. The number of benzene rings is 1. The average molecular weight is 318 g/mol. The van der Waals surface area contributed by atoms with Gasteiger partial charge in [0.05, 0.1) is 12.7 Å². The van der Waals surface area contributed by atoms with Gasteiger partial charge in [0.25, 0.3) is 5.91 Å². The summed E-state index contributed by atoms with van der Waals surface area (Å²) >= 11 is 0. The summed E-state index contributed by atoms with van der Waals surface area (Å²) < 4.78 is 5.23. The lowest BCUT2D eigenvalue weighted by Crippen LogP contribution is -2.52. The van der Waals surface area contributed by atoms with Gasteiger partial charge in [-0.25, -0.2) is 0 Å². The summed E-state index contributed by atoms with van der Waals surface area (Å²) in [5.41, 5.74) is 0.451. The number of methoxy groups -OCH3 is 1. The van der Waals surface area contributed by atoms with E-state index >= 15 is 0 Å². The van der Waals surface area contributed by atoms with Gasteiger partial charge in [-0.05, 0) is 37.3 Å². The Morgan fingerprint density at radius 2 is 1.78 bits per heavy atom. The van der Waals surface area contributed by atoms with Crippen molar-refractivity contribution in [2.45, 2.75) is 39.2 Å². The normalized spacial score (nSPS) is 16.1. The Balaban J connectivity index is 2.12. The van der Waals surface area contributed by atoms with Crippen LogP contribution in [0.4, 0.5) is 0 Å². The molecule has 1 aromatic rings. The Kier molecular flexibility index (Phi) is 6.02. The first-order valence-electron chi connectivity index (χ1n) is 8.27. The summed E-state index contributed by atoms with van der Waals surface area (Å²) in [4.78, 5) is 27.2. The molecule has 1 N–H and O–H groups in total. The number of hydrogen-bond acceptors (Lipinski definition) is 3. The lowest BCUT2D eigenvalue weighted by Gasteiger charge is -2.32. The maximum atomic E-state index is 12.7. The molecule has 0 aromatic heterocycles. The first-order valence-corrected chi connectivity index (χ1v) is 8.27. The van der Waals surface area contributed by atoms with Crippen molar-refractivity contribution in [2.24, 2.45) is 5.92 Å². The lowest BCUT2D eigenvalue weighted by molar-refractivity contribution is -0.135. The Morgan fingerprint density at radius 1 is 1.13 bits per heavy atom. The fourth-order valence-corrected chi connectivity index (χ4v) is 2.88. The van der Waals surface area contributed by atoms with Crippen molar-refractivity contribution in [3.05, 3.63) is 29.8 Å². The minimum absolute atomic E-state index is 0.0166. The van der Waals surface area contributed by atoms with Crippen molar-refractivity contribution < 1.29 is 14.3 Å². The molecule has 5 nitrogen and oxygen atoms in total. The second-order valence-electron chi connectivity index (χ2n) is 6.28. The van der Waals surface area contributed by atoms with Gasteiger partial charge in [0.2, 0.25) is 5.91 Å². The standard InChI is InChI=1S/C18H26N2O3/c1-13(2)16(18(22)20-11-7-4-8-12-20)19-17(21)14-9-5-6-10-15(14)23-3/h5-6,9-10,13,16H,4,7-8,11-12H2,1-3H3,(H,19,21)/t16-/m1/s1. The van der Waals surface area contributed by atoms with E-state index in [1.807, 2.05) is 24.8 Å². The largest absolute Gasteiger partial charge is 0.496 e. The zero-order chi connectivity index (χ0) is 16.8. The molecule has 0 radical (unpaired) electrons. The van der Waals surface area contributed by atoms with Gasteiger partial charge < -0.3 is 15.0 Å². The third-order valence-corrected chi connectivity index (χ3v) is 4.24. The smallest absolute Gasteiger partial charge is 0.255 e. The van der Waals surface area contributed by atoms with E-state index < -0.39 is 6.04 Å². The Labute approximate surface area is 138 Å². The molecule has 0 unspecified atom stereocenters. The zero-order valence-electron chi connectivity index (χ0n) is 14.2. The van der Waals surface area contributed by atoms with Gasteiger partial charge in [0.15, 0.2) is 0 Å². The third-order valence-electron chi connectivity index (χ3n) is 4.24. The van der Waals surface area contributed by atoms with E-state index in [2.05, 4.69) is 5.32 Å². The van der Waals surface area contributed by atoms with Gasteiger partial charge >= 0.3 is 0 Å². The lowest BCUT2D eigenvalue weighted by atomic mass is 10.0. The summed E-state index contributed by atoms with van der Waals surface area (Å²) in [6.07, 6.45) is 3.25. The number of rotatable bonds is 5. The first-order chi connectivity index (χ1) is 11.0. The molecule has 2 amide bonds. The minimum Gasteiger partial charge on any atom is -0.496 e. The number of piperidine rings is 1. The third kappa shape index (κ3) is 4.24. The molecule has 1 aromatic carbocycles. The predicted molar refractivity (Wildman–Crippen MR) is 89.5 cm³/mol. The molecular weight excluding hydrogens is 292 g/mol. The van der Waals surface area contributed by atoms with Crippen LogP contribution in [-0.2, 0) is 4.79 Å². The number of likely N-dealkylation sites (tertiary alicyclic amines) is 1. The van der Waals surface area contributed by atoms with Crippen LogP contribution in [0.1, 0.15) is 43.5 Å². The van der Waals surface area contributed by atoms with Crippen molar-refractivity contribution in [2.75, 3.05) is 20.2 Å². The average Bonchev–Trinajstić information content (AvgIpc) is 2.59. The minimum atomic E-state index is -0.509. The predicted octanol–water partition coefficient (Wildman–Crippen LogP) is 2.46. The van der Waals surface area contributed by atoms with E-state index in [1.165, 1.54) is 13.5 Å². The monoisotopic (exact) mass is 318 g/mol. The Morgan fingerprint density at radius 3 is 2.39 bits per heavy atom. The maximum absolute atomic E-state index is 12.7. The highest BCUT2D eigenvalue weighted by atomic mass is 16.5. The van der Waals surface area contributed by atoms with E-state index in [1.54, 1.807) is 18.2 Å². The van der Waals surface area contributed by atoms with Crippen LogP contribution in [-0.4, -0.2) is 43.0 Å². The van der Waals surface area contributed by atoms with Crippen LogP contribution >= 0.6 is 0 Å². The van der Waals surface area contributed by atoms with Crippen LogP contribution in [0.2, 0.25) is 0 Å². The van der Waals surface area contributed by atoms with Crippen LogP contribution in [0.3, 0.4) is 0 Å². The summed E-state index contributed by atoms with van der Waals surface area (Å²) in [5.74, 6) is 0.287. The molecule has 0 aliphatic carbocycles. The fourth-order valence-electron chi connectivity index (χ4n) is 2.88. The summed E-state index contributed by atoms with van der Waals surface area (Å²) in [7, 11) is 1.53. The molecule has 0 saturated carbocycles. The second-order valence-corrected chi connectivity index (χ2v) is 6.28. The topological polar surface area (TPSA) is 58.6 Å². The molecule has 1 heterocycles. The van der Waals surface area contributed by atoms with Gasteiger partial charge in [-0.15, -0.1) is 0 Å². The van der Waals surface area contributed by atoms with Crippen molar-refractivity contribution in [1.29, 1.82) is 0 Å². The van der Waals surface area contributed by atoms with Crippen molar-refractivity contribution in [3.8, 4) is 5.75 Å². The van der Waals surface area contributed by atoms with Gasteiger partial charge in [-0.1, -0.05) is 26.0 Å². The van der Waals surface area contributed by atoms with Crippen molar-refractivity contribution in [1.82, 2.24) is 10.2 Å². The second kappa shape index (κ2) is 7.99. The number of nitrogens with one attached hydrogen (secondary N) is 1. The fraction of sp³-hybridized carbons (Fsp3) is 0.556. The molecule has 1 saturated heterocycles. The first kappa shape index (κ1) is 17.3. The van der Waals surface area contributed by atoms with Gasteiger partial charge in [0, 0.05) is 13.1 Å². The van der Waals surface area contributed by atoms with Crippen LogP contribution in [0.25, 0.3) is 0 Å². The van der Waals surface area contributed by atoms with Crippen LogP contribution in [0.15, 0.2) is 24.3 Å². The molecule has 1 aliphatic rings. The summed E-state index contributed by atoms with van der Waals surface area (Å²) in [6.45, 7) is 5.48. The molecule has 23 heavy (non-hydrogen) atoms. The SMILES string of the molecule is COc1ccccc1C(=O)N[C@@H](C(=O)N1CCCCC1)C(C)C. The number of hydrogen-bond donors (Lipinski definition) is 1. The maximum Gasteiger partial charge on any atom is 0.255 e. The molecular formula is C18H26N2O3. The number of carbonyl (C=O) groups excluding carboxylic acids is 2. The van der Waals surface area contributed by atoms with Crippen LogP contribution in [0, 0.1) is 5.92 Å². The van der Waals surface area contributed by atoms with Crippen molar-refractivity contribution >= 4 is 11.8 Å². The molecule has 1 fully saturated rings. The van der Waals surface area contributed by atoms with Gasteiger partial charge in [-0.2, -0.15) is 0 Å². The number of ether oxygens (including phenoxy) is 1.